The third kappa shape index (κ3) is 3.65. The molecule has 5 rings (SSSR count). The first-order chi connectivity index (χ1) is 15.0. The summed E-state index contributed by atoms with van der Waals surface area (Å²) in [7, 11) is 0. The smallest absolute Gasteiger partial charge is 0.255 e. The molecule has 1 aromatic heterocycles. The van der Waals surface area contributed by atoms with Crippen molar-refractivity contribution in [3.05, 3.63) is 94.0 Å². The molecule has 0 spiro atoms. The van der Waals surface area contributed by atoms with Gasteiger partial charge in [0, 0.05) is 32.2 Å². The Kier molecular flexibility index (Phi) is 4.89. The molecule has 0 saturated carbocycles. The molecule has 0 aliphatic rings. The second kappa shape index (κ2) is 7.73. The highest BCUT2D eigenvalue weighted by atomic mass is 35.5. The van der Waals surface area contributed by atoms with Gasteiger partial charge in [-0.1, -0.05) is 53.5 Å². The van der Waals surface area contributed by atoms with E-state index in [4.69, 9.17) is 27.6 Å². The molecule has 31 heavy (non-hydrogen) atoms. The Morgan fingerprint density at radius 1 is 0.903 bits per heavy atom. The first-order valence-corrected chi connectivity index (χ1v) is 10.4. The summed E-state index contributed by atoms with van der Waals surface area (Å²) in [6.45, 7) is 1.89. The summed E-state index contributed by atoms with van der Waals surface area (Å²) < 4.78 is 5.99. The van der Waals surface area contributed by atoms with Crippen molar-refractivity contribution in [1.82, 2.24) is 4.98 Å². The number of nitrogens with zero attached hydrogens (tertiary/aromatic N) is 1. The minimum absolute atomic E-state index is 0.242. The van der Waals surface area contributed by atoms with E-state index in [0.29, 0.717) is 38.3 Å². The number of nitrogens with one attached hydrogen (secondary N) is 1. The first-order valence-electron chi connectivity index (χ1n) is 9.65. The van der Waals surface area contributed by atoms with Crippen LogP contribution in [0.5, 0.6) is 0 Å². The molecule has 152 valence electrons. The quantitative estimate of drug-likeness (QED) is 0.311. The van der Waals surface area contributed by atoms with E-state index >= 15 is 0 Å². The number of anilines is 1. The van der Waals surface area contributed by atoms with Gasteiger partial charge >= 0.3 is 0 Å². The molecule has 0 radical (unpaired) electrons. The van der Waals surface area contributed by atoms with Gasteiger partial charge in [-0.3, -0.25) is 4.79 Å². The summed E-state index contributed by atoms with van der Waals surface area (Å²) in [5.74, 6) is 0.255. The van der Waals surface area contributed by atoms with E-state index in [-0.39, 0.29) is 5.91 Å². The molecule has 1 amide bonds. The largest absolute Gasteiger partial charge is 0.436 e. The standard InChI is InChI=1S/C25H16Cl2N2O2/c1-14-8-9-15(12-21(14)27)24(30)28-16-10-11-23-22(13-16)29-25(31-23)19-6-2-5-18-17(19)4-3-7-20(18)26/h2-13H,1H3,(H,28,30). The van der Waals surface area contributed by atoms with E-state index < -0.39 is 0 Å². The van der Waals surface area contributed by atoms with Crippen molar-refractivity contribution in [3.63, 3.8) is 0 Å². The van der Waals surface area contributed by atoms with Crippen LogP contribution in [0, 0.1) is 6.92 Å². The Morgan fingerprint density at radius 2 is 1.71 bits per heavy atom. The molecule has 0 aliphatic heterocycles. The number of amides is 1. The summed E-state index contributed by atoms with van der Waals surface area (Å²) in [4.78, 5) is 17.2. The fourth-order valence-electron chi connectivity index (χ4n) is 3.52. The number of hydrogen-bond donors (Lipinski definition) is 1. The normalized spacial score (nSPS) is 11.2. The second-order valence-electron chi connectivity index (χ2n) is 7.26. The zero-order valence-corrected chi connectivity index (χ0v) is 18.0. The Balaban J connectivity index is 1.49. The zero-order valence-electron chi connectivity index (χ0n) is 16.4. The maximum absolute atomic E-state index is 12.6. The van der Waals surface area contributed by atoms with Gasteiger partial charge in [0.1, 0.15) is 5.52 Å². The van der Waals surface area contributed by atoms with Crippen LogP contribution in [0.1, 0.15) is 15.9 Å². The molecule has 0 fully saturated rings. The van der Waals surface area contributed by atoms with Crippen molar-refractivity contribution < 1.29 is 9.21 Å². The second-order valence-corrected chi connectivity index (χ2v) is 8.07. The number of halogens is 2. The number of aromatic nitrogens is 1. The molecule has 0 aliphatic carbocycles. The lowest BCUT2D eigenvalue weighted by Gasteiger charge is -2.06. The molecule has 0 bridgehead atoms. The monoisotopic (exact) mass is 446 g/mol. The topological polar surface area (TPSA) is 55.1 Å². The van der Waals surface area contributed by atoms with Gasteiger partial charge in [0.25, 0.3) is 5.91 Å². The van der Waals surface area contributed by atoms with Crippen LogP contribution in [0.2, 0.25) is 10.0 Å². The molecule has 5 aromatic rings. The molecule has 1 heterocycles. The molecular weight excluding hydrogens is 431 g/mol. The Hall–Kier alpha value is -3.34. The summed E-state index contributed by atoms with van der Waals surface area (Å²) >= 11 is 12.5. The predicted molar refractivity (Wildman–Crippen MR) is 126 cm³/mol. The number of hydrogen-bond acceptors (Lipinski definition) is 3. The average Bonchev–Trinajstić information content (AvgIpc) is 3.19. The highest BCUT2D eigenvalue weighted by Crippen LogP contribution is 2.34. The van der Waals surface area contributed by atoms with Gasteiger partial charge in [-0.05, 0) is 60.3 Å². The van der Waals surface area contributed by atoms with E-state index in [1.807, 2.05) is 49.4 Å². The lowest BCUT2D eigenvalue weighted by molar-refractivity contribution is 0.102. The SMILES string of the molecule is Cc1ccc(C(=O)Nc2ccc3oc(-c4cccc5c(Cl)cccc45)nc3c2)cc1Cl. The van der Waals surface area contributed by atoms with Gasteiger partial charge in [0.2, 0.25) is 5.89 Å². The van der Waals surface area contributed by atoms with Crippen LogP contribution < -0.4 is 5.32 Å². The Bertz CT molecular complexity index is 1470. The minimum atomic E-state index is -0.242. The zero-order chi connectivity index (χ0) is 21.5. The number of oxazole rings is 1. The number of benzene rings is 4. The molecule has 0 atom stereocenters. The minimum Gasteiger partial charge on any atom is -0.436 e. The van der Waals surface area contributed by atoms with Gasteiger partial charge in [0.05, 0.1) is 0 Å². The highest BCUT2D eigenvalue weighted by Gasteiger charge is 2.14. The van der Waals surface area contributed by atoms with Crippen LogP contribution in [-0.4, -0.2) is 10.9 Å². The van der Waals surface area contributed by atoms with Crippen LogP contribution in [0.15, 0.2) is 77.2 Å². The van der Waals surface area contributed by atoms with Crippen LogP contribution in [0.4, 0.5) is 5.69 Å². The van der Waals surface area contributed by atoms with Crippen LogP contribution in [0.3, 0.4) is 0 Å². The fraction of sp³-hybridized carbons (Fsp3) is 0.0400. The molecule has 4 nitrogen and oxygen atoms in total. The first kappa shape index (κ1) is 19.6. The van der Waals surface area contributed by atoms with Crippen LogP contribution in [0.25, 0.3) is 33.3 Å². The lowest BCUT2D eigenvalue weighted by atomic mass is 10.0. The van der Waals surface area contributed by atoms with E-state index in [1.54, 1.807) is 30.3 Å². The van der Waals surface area contributed by atoms with Gasteiger partial charge in [-0.25, -0.2) is 4.98 Å². The van der Waals surface area contributed by atoms with Crippen molar-refractivity contribution in [2.45, 2.75) is 6.92 Å². The van der Waals surface area contributed by atoms with Gasteiger partial charge in [-0.15, -0.1) is 0 Å². The summed E-state index contributed by atoms with van der Waals surface area (Å²) in [5.41, 5.74) is 4.17. The Labute approximate surface area is 188 Å². The van der Waals surface area contributed by atoms with Crippen molar-refractivity contribution in [2.24, 2.45) is 0 Å². The summed E-state index contributed by atoms with van der Waals surface area (Å²) in [6, 6.07) is 22.2. The molecular formula is C25H16Cl2N2O2. The van der Waals surface area contributed by atoms with Crippen molar-refractivity contribution in [2.75, 3.05) is 5.32 Å². The molecule has 4 aromatic carbocycles. The maximum Gasteiger partial charge on any atom is 0.255 e. The van der Waals surface area contributed by atoms with E-state index in [0.717, 1.165) is 21.9 Å². The number of fused-ring (bicyclic) bond motifs is 2. The van der Waals surface area contributed by atoms with E-state index in [9.17, 15) is 4.79 Å². The average molecular weight is 447 g/mol. The molecule has 1 N–H and O–H groups in total. The lowest BCUT2D eigenvalue weighted by Crippen LogP contribution is -2.11. The molecule has 6 heteroatoms. The van der Waals surface area contributed by atoms with Crippen molar-refractivity contribution >= 4 is 56.7 Å². The van der Waals surface area contributed by atoms with Crippen molar-refractivity contribution in [1.29, 1.82) is 0 Å². The fourth-order valence-corrected chi connectivity index (χ4v) is 3.93. The summed E-state index contributed by atoms with van der Waals surface area (Å²) in [5, 5.41) is 6.02. The Morgan fingerprint density at radius 3 is 2.55 bits per heavy atom. The predicted octanol–water partition coefficient (Wildman–Crippen LogP) is 7.52. The molecule has 0 saturated heterocycles. The van der Waals surface area contributed by atoms with Gasteiger partial charge in [-0.2, -0.15) is 0 Å². The van der Waals surface area contributed by atoms with Gasteiger partial charge < -0.3 is 9.73 Å². The number of carbonyl (C=O) groups excluding carboxylic acids is 1. The van der Waals surface area contributed by atoms with Gasteiger partial charge in [0.15, 0.2) is 5.58 Å². The molecule has 0 unspecified atom stereocenters. The van der Waals surface area contributed by atoms with E-state index in [2.05, 4.69) is 10.3 Å². The van der Waals surface area contributed by atoms with Crippen LogP contribution in [-0.2, 0) is 0 Å². The van der Waals surface area contributed by atoms with E-state index in [1.165, 1.54) is 0 Å². The van der Waals surface area contributed by atoms with Crippen LogP contribution >= 0.6 is 23.2 Å². The number of aryl methyl sites for hydroxylation is 1. The maximum atomic E-state index is 12.6. The summed E-state index contributed by atoms with van der Waals surface area (Å²) in [6.07, 6.45) is 0. The van der Waals surface area contributed by atoms with Crippen molar-refractivity contribution in [3.8, 4) is 11.5 Å². The number of carbonyl (C=O) groups is 1. The highest BCUT2D eigenvalue weighted by molar-refractivity contribution is 6.35. The third-order valence-electron chi connectivity index (χ3n) is 5.18. The third-order valence-corrected chi connectivity index (χ3v) is 5.92. The number of rotatable bonds is 3.